The predicted octanol–water partition coefficient (Wildman–Crippen LogP) is 2.88. The third-order valence-corrected chi connectivity index (χ3v) is 4.97. The van der Waals surface area contributed by atoms with Gasteiger partial charge in [-0.05, 0) is 50.9 Å². The van der Waals surface area contributed by atoms with Gasteiger partial charge in [0.25, 0.3) is 5.91 Å². The summed E-state index contributed by atoms with van der Waals surface area (Å²) in [7, 11) is 0. The van der Waals surface area contributed by atoms with Crippen LogP contribution < -0.4 is 0 Å². The molecule has 1 aromatic heterocycles. The van der Waals surface area contributed by atoms with E-state index in [-0.39, 0.29) is 11.7 Å². The Bertz CT molecular complexity index is 759. The zero-order chi connectivity index (χ0) is 17.2. The van der Waals surface area contributed by atoms with Gasteiger partial charge < -0.3 is 14.4 Å². The number of amides is 1. The van der Waals surface area contributed by atoms with Crippen LogP contribution in [0.1, 0.15) is 42.1 Å². The standard InChI is InChI=1S/C19H23N3O3/c23-15-8-2-1-7-14(15)18-17(19(24)22-11-5-6-12-22)20-16(25-18)13-21-9-3-4-10-21/h1-2,7-8,23H,3-6,9-13H2. The van der Waals surface area contributed by atoms with Gasteiger partial charge in [-0.3, -0.25) is 9.69 Å². The summed E-state index contributed by atoms with van der Waals surface area (Å²) in [6.07, 6.45) is 4.42. The number of benzene rings is 1. The molecule has 2 aliphatic rings. The number of likely N-dealkylation sites (tertiary alicyclic amines) is 2. The smallest absolute Gasteiger partial charge is 0.276 e. The highest BCUT2D eigenvalue weighted by Crippen LogP contribution is 2.33. The topological polar surface area (TPSA) is 69.8 Å². The molecule has 0 spiro atoms. The molecule has 4 rings (SSSR count). The molecule has 0 aliphatic carbocycles. The summed E-state index contributed by atoms with van der Waals surface area (Å²) < 4.78 is 5.96. The van der Waals surface area contributed by atoms with Gasteiger partial charge in [-0.25, -0.2) is 4.98 Å². The molecule has 6 nitrogen and oxygen atoms in total. The quantitative estimate of drug-likeness (QED) is 0.926. The normalized spacial score (nSPS) is 18.2. The lowest BCUT2D eigenvalue weighted by Gasteiger charge is -2.14. The lowest BCUT2D eigenvalue weighted by molar-refractivity contribution is 0.0788. The van der Waals surface area contributed by atoms with E-state index in [1.165, 1.54) is 12.8 Å². The van der Waals surface area contributed by atoms with E-state index in [1.807, 2.05) is 11.0 Å². The summed E-state index contributed by atoms with van der Waals surface area (Å²) in [6, 6.07) is 6.93. The van der Waals surface area contributed by atoms with E-state index < -0.39 is 0 Å². The molecule has 1 N–H and O–H groups in total. The number of hydrogen-bond donors (Lipinski definition) is 1. The molecule has 2 aliphatic heterocycles. The molecule has 0 atom stereocenters. The zero-order valence-corrected chi connectivity index (χ0v) is 14.3. The van der Waals surface area contributed by atoms with Crippen molar-refractivity contribution in [1.82, 2.24) is 14.8 Å². The number of hydrogen-bond acceptors (Lipinski definition) is 5. The zero-order valence-electron chi connectivity index (χ0n) is 14.3. The van der Waals surface area contributed by atoms with Crippen molar-refractivity contribution in [3.05, 3.63) is 35.9 Å². The highest BCUT2D eigenvalue weighted by atomic mass is 16.4. The highest BCUT2D eigenvalue weighted by molar-refractivity contribution is 5.98. The number of phenolic OH excluding ortho intramolecular Hbond substituents is 1. The summed E-state index contributed by atoms with van der Waals surface area (Å²) in [6.45, 7) is 4.18. The maximum Gasteiger partial charge on any atom is 0.276 e. The maximum absolute atomic E-state index is 12.9. The number of aromatic nitrogens is 1. The van der Waals surface area contributed by atoms with Crippen LogP contribution in [0.5, 0.6) is 5.75 Å². The monoisotopic (exact) mass is 341 g/mol. The fourth-order valence-corrected chi connectivity index (χ4v) is 3.63. The predicted molar refractivity (Wildman–Crippen MR) is 93.3 cm³/mol. The molecule has 0 bridgehead atoms. The number of carbonyl (C=O) groups excluding carboxylic acids is 1. The molecule has 2 fully saturated rings. The van der Waals surface area contributed by atoms with Crippen molar-refractivity contribution in [2.24, 2.45) is 0 Å². The second kappa shape index (κ2) is 6.88. The third kappa shape index (κ3) is 3.26. The first-order valence-corrected chi connectivity index (χ1v) is 9.02. The van der Waals surface area contributed by atoms with Crippen LogP contribution in [0.4, 0.5) is 0 Å². The number of oxazole rings is 1. The van der Waals surface area contributed by atoms with Crippen molar-refractivity contribution < 1.29 is 14.3 Å². The second-order valence-electron chi connectivity index (χ2n) is 6.79. The second-order valence-corrected chi connectivity index (χ2v) is 6.79. The fourth-order valence-electron chi connectivity index (χ4n) is 3.63. The van der Waals surface area contributed by atoms with Crippen LogP contribution in [0.3, 0.4) is 0 Å². The largest absolute Gasteiger partial charge is 0.507 e. The molecule has 0 unspecified atom stereocenters. The van der Waals surface area contributed by atoms with E-state index in [0.717, 1.165) is 39.0 Å². The van der Waals surface area contributed by atoms with Crippen molar-refractivity contribution in [1.29, 1.82) is 0 Å². The third-order valence-electron chi connectivity index (χ3n) is 4.97. The first-order chi connectivity index (χ1) is 12.2. The summed E-state index contributed by atoms with van der Waals surface area (Å²) in [5.41, 5.74) is 0.836. The van der Waals surface area contributed by atoms with Gasteiger partial charge in [0.05, 0.1) is 12.1 Å². The molecule has 1 amide bonds. The fraction of sp³-hybridized carbons (Fsp3) is 0.474. The number of rotatable bonds is 4. The number of aromatic hydroxyl groups is 1. The van der Waals surface area contributed by atoms with E-state index in [4.69, 9.17) is 4.42 Å². The number of carbonyl (C=O) groups is 1. The van der Waals surface area contributed by atoms with Gasteiger partial charge in [-0.1, -0.05) is 12.1 Å². The van der Waals surface area contributed by atoms with Crippen LogP contribution in [0.2, 0.25) is 0 Å². The van der Waals surface area contributed by atoms with E-state index in [2.05, 4.69) is 9.88 Å². The summed E-state index contributed by atoms with van der Waals surface area (Å²) in [5, 5.41) is 10.2. The van der Waals surface area contributed by atoms with Crippen LogP contribution in [0, 0.1) is 0 Å². The Morgan fingerprint density at radius 1 is 1.08 bits per heavy atom. The minimum atomic E-state index is -0.104. The molecular weight excluding hydrogens is 318 g/mol. The molecular formula is C19H23N3O3. The lowest BCUT2D eigenvalue weighted by Crippen LogP contribution is -2.28. The average molecular weight is 341 g/mol. The van der Waals surface area contributed by atoms with E-state index in [0.29, 0.717) is 29.5 Å². The Balaban J connectivity index is 1.70. The van der Waals surface area contributed by atoms with Gasteiger partial charge in [0.2, 0.25) is 5.89 Å². The van der Waals surface area contributed by atoms with E-state index >= 15 is 0 Å². The molecule has 3 heterocycles. The molecule has 0 saturated carbocycles. The molecule has 25 heavy (non-hydrogen) atoms. The van der Waals surface area contributed by atoms with Crippen molar-refractivity contribution in [3.8, 4) is 17.1 Å². The average Bonchev–Trinajstić information content (AvgIpc) is 3.37. The Morgan fingerprint density at radius 2 is 1.76 bits per heavy atom. The Kier molecular flexibility index (Phi) is 4.44. The SMILES string of the molecule is O=C(c1nc(CN2CCCC2)oc1-c1ccccc1O)N1CCCC1. The number of nitrogens with zero attached hydrogens (tertiary/aromatic N) is 3. The maximum atomic E-state index is 12.9. The van der Waals surface area contributed by atoms with Crippen LogP contribution >= 0.6 is 0 Å². The van der Waals surface area contributed by atoms with E-state index in [1.54, 1.807) is 18.2 Å². The first-order valence-electron chi connectivity index (χ1n) is 9.02. The molecule has 0 radical (unpaired) electrons. The van der Waals surface area contributed by atoms with Gasteiger partial charge in [-0.2, -0.15) is 0 Å². The van der Waals surface area contributed by atoms with Gasteiger partial charge in [0.15, 0.2) is 11.5 Å². The highest BCUT2D eigenvalue weighted by Gasteiger charge is 2.29. The van der Waals surface area contributed by atoms with Crippen LogP contribution in [-0.2, 0) is 6.54 Å². The van der Waals surface area contributed by atoms with Crippen LogP contribution in [0.25, 0.3) is 11.3 Å². The van der Waals surface area contributed by atoms with E-state index in [9.17, 15) is 9.90 Å². The molecule has 2 aromatic rings. The molecule has 2 saturated heterocycles. The summed E-state index contributed by atoms with van der Waals surface area (Å²) in [4.78, 5) is 21.5. The number of para-hydroxylation sites is 1. The van der Waals surface area contributed by atoms with Crippen LogP contribution in [-0.4, -0.2) is 52.0 Å². The summed E-state index contributed by atoms with van der Waals surface area (Å²) in [5.74, 6) is 0.918. The molecule has 132 valence electrons. The van der Waals surface area contributed by atoms with Gasteiger partial charge >= 0.3 is 0 Å². The van der Waals surface area contributed by atoms with Crippen molar-refractivity contribution in [2.45, 2.75) is 32.2 Å². The number of phenols is 1. The Hall–Kier alpha value is -2.34. The lowest BCUT2D eigenvalue weighted by atomic mass is 10.1. The van der Waals surface area contributed by atoms with Gasteiger partial charge in [0, 0.05) is 13.1 Å². The first kappa shape index (κ1) is 16.1. The van der Waals surface area contributed by atoms with Crippen molar-refractivity contribution >= 4 is 5.91 Å². The van der Waals surface area contributed by atoms with Crippen LogP contribution in [0.15, 0.2) is 28.7 Å². The van der Waals surface area contributed by atoms with Crippen molar-refractivity contribution in [3.63, 3.8) is 0 Å². The summed E-state index contributed by atoms with van der Waals surface area (Å²) >= 11 is 0. The van der Waals surface area contributed by atoms with Gasteiger partial charge in [-0.15, -0.1) is 0 Å². The van der Waals surface area contributed by atoms with Crippen molar-refractivity contribution in [2.75, 3.05) is 26.2 Å². The Labute approximate surface area is 147 Å². The molecule has 6 heteroatoms. The minimum absolute atomic E-state index is 0.0989. The minimum Gasteiger partial charge on any atom is -0.507 e. The Morgan fingerprint density at radius 3 is 2.48 bits per heavy atom. The molecule has 1 aromatic carbocycles. The van der Waals surface area contributed by atoms with Gasteiger partial charge in [0.1, 0.15) is 5.75 Å².